The van der Waals surface area contributed by atoms with Crippen LogP contribution in [-0.2, 0) is 9.59 Å². The van der Waals surface area contributed by atoms with Crippen LogP contribution in [0.15, 0.2) is 36.0 Å². The van der Waals surface area contributed by atoms with E-state index in [9.17, 15) is 9.59 Å². The van der Waals surface area contributed by atoms with Gasteiger partial charge in [0.1, 0.15) is 0 Å². The van der Waals surface area contributed by atoms with E-state index in [0.29, 0.717) is 18.8 Å². The molecule has 0 spiro atoms. The fourth-order valence-electron chi connectivity index (χ4n) is 5.31. The van der Waals surface area contributed by atoms with Crippen molar-refractivity contribution in [3.63, 3.8) is 0 Å². The van der Waals surface area contributed by atoms with Gasteiger partial charge in [0, 0.05) is 12.8 Å². The number of rotatable bonds is 30. The van der Waals surface area contributed by atoms with E-state index in [2.05, 4.69) is 44.2 Å². The van der Waals surface area contributed by atoms with Gasteiger partial charge in [-0.2, -0.15) is 0 Å². The van der Waals surface area contributed by atoms with Gasteiger partial charge >= 0.3 is 11.9 Å². The van der Waals surface area contributed by atoms with E-state index in [1.54, 1.807) is 5.57 Å². The topological polar surface area (TPSA) is 74.6 Å². The molecule has 232 valence electrons. The molecule has 0 heterocycles. The lowest BCUT2D eigenvalue weighted by Crippen LogP contribution is -2.06. The van der Waals surface area contributed by atoms with Gasteiger partial charge in [-0.3, -0.25) is 9.59 Å². The molecule has 1 unspecified atom stereocenters. The lowest BCUT2D eigenvalue weighted by Gasteiger charge is -2.21. The first-order valence-electron chi connectivity index (χ1n) is 16.9. The first kappa shape index (κ1) is 38.2. The Balaban J connectivity index is 5.04. The van der Waals surface area contributed by atoms with Crippen molar-refractivity contribution >= 4 is 11.9 Å². The number of aliphatic carboxylic acids is 2. The zero-order valence-corrected chi connectivity index (χ0v) is 26.4. The maximum atomic E-state index is 10.8. The Bertz CT molecular complexity index is 676. The molecule has 4 heteroatoms. The number of unbranched alkanes of at least 4 members (excludes halogenated alkanes) is 14. The lowest BCUT2D eigenvalue weighted by molar-refractivity contribution is -0.138. The molecule has 0 bridgehead atoms. The summed E-state index contributed by atoms with van der Waals surface area (Å²) in [5.74, 6) is -0.740. The van der Waals surface area contributed by atoms with Gasteiger partial charge in [0.2, 0.25) is 0 Å². The number of carboxylic acid groups (broad SMARTS) is 2. The lowest BCUT2D eigenvalue weighted by atomic mass is 9.85. The molecule has 0 rings (SSSR count). The van der Waals surface area contributed by atoms with Gasteiger partial charge < -0.3 is 10.2 Å². The van der Waals surface area contributed by atoms with E-state index < -0.39 is 11.9 Å². The Kier molecular flexibility index (Phi) is 28.7. The first-order chi connectivity index (χ1) is 19.5. The zero-order chi connectivity index (χ0) is 29.5. The minimum absolute atomic E-state index is 0.292. The molecule has 1 atom stereocenters. The van der Waals surface area contributed by atoms with Crippen LogP contribution in [-0.4, -0.2) is 22.2 Å². The van der Waals surface area contributed by atoms with Gasteiger partial charge in [-0.05, 0) is 83.0 Å². The summed E-state index contributed by atoms with van der Waals surface area (Å²) in [6.07, 6.45) is 39.2. The van der Waals surface area contributed by atoms with E-state index in [1.165, 1.54) is 89.9 Å². The molecule has 0 amide bonds. The van der Waals surface area contributed by atoms with Gasteiger partial charge in [0.05, 0.1) is 0 Å². The predicted octanol–water partition coefficient (Wildman–Crippen LogP) is 11.6. The fraction of sp³-hybridized carbons (Fsp3) is 0.778. The average molecular weight is 561 g/mol. The Hall–Kier alpha value is -1.84. The summed E-state index contributed by atoms with van der Waals surface area (Å²) in [4.78, 5) is 21.5. The highest BCUT2D eigenvalue weighted by atomic mass is 16.4. The maximum absolute atomic E-state index is 10.8. The minimum atomic E-state index is -0.683. The fourth-order valence-corrected chi connectivity index (χ4v) is 5.31. The molecule has 4 nitrogen and oxygen atoms in total. The SMILES string of the molecule is CCCCC/C=C/C/C=C(/CCCCCCCC(=O)O)C(CC/C=C/CCCCC)CCCCCCCC(=O)O. The van der Waals surface area contributed by atoms with Crippen LogP contribution < -0.4 is 0 Å². The second-order valence-electron chi connectivity index (χ2n) is 11.6. The number of hydrogen-bond donors (Lipinski definition) is 2. The molecule has 0 saturated heterocycles. The molecule has 0 aliphatic rings. The van der Waals surface area contributed by atoms with Gasteiger partial charge in [-0.15, -0.1) is 0 Å². The third-order valence-electron chi connectivity index (χ3n) is 7.80. The summed E-state index contributed by atoms with van der Waals surface area (Å²) in [5.41, 5.74) is 1.63. The smallest absolute Gasteiger partial charge is 0.303 e. The van der Waals surface area contributed by atoms with E-state index in [1.807, 2.05) is 0 Å². The summed E-state index contributed by atoms with van der Waals surface area (Å²) in [6.45, 7) is 4.51. The van der Waals surface area contributed by atoms with Crippen LogP contribution in [0.4, 0.5) is 0 Å². The predicted molar refractivity (Wildman–Crippen MR) is 172 cm³/mol. The highest BCUT2D eigenvalue weighted by Crippen LogP contribution is 2.29. The van der Waals surface area contributed by atoms with E-state index in [4.69, 9.17) is 10.2 Å². The minimum Gasteiger partial charge on any atom is -0.481 e. The third kappa shape index (κ3) is 27.7. The molecule has 0 radical (unpaired) electrons. The van der Waals surface area contributed by atoms with Crippen molar-refractivity contribution in [3.8, 4) is 0 Å². The maximum Gasteiger partial charge on any atom is 0.303 e. The molecule has 40 heavy (non-hydrogen) atoms. The standard InChI is InChI=1S/C36H64O4/c1-3-5-7-9-11-15-21-27-33(29-23-17-13-19-25-31-35(37)38)34(28-22-16-12-10-8-6-4-2)30-24-18-14-20-26-32-36(39)40/h11-12,15-16,27,34H,3-10,13-14,17-26,28-32H2,1-2H3,(H,37,38)(H,39,40)/b15-11+,16-12+,33-27-. The quantitative estimate of drug-likeness (QED) is 0.0676. The molecular weight excluding hydrogens is 496 g/mol. The summed E-state index contributed by atoms with van der Waals surface area (Å²) >= 11 is 0. The summed E-state index contributed by atoms with van der Waals surface area (Å²) in [7, 11) is 0. The average Bonchev–Trinajstić information content (AvgIpc) is 2.92. The molecule has 0 aromatic heterocycles. The number of hydrogen-bond acceptors (Lipinski definition) is 2. The van der Waals surface area contributed by atoms with Crippen LogP contribution in [0.5, 0.6) is 0 Å². The molecule has 0 aromatic rings. The molecule has 0 aliphatic heterocycles. The Morgan fingerprint density at radius 3 is 1.55 bits per heavy atom. The summed E-state index contributed by atoms with van der Waals surface area (Å²) in [6, 6.07) is 0. The zero-order valence-electron chi connectivity index (χ0n) is 26.4. The van der Waals surface area contributed by atoms with Crippen LogP contribution in [0.1, 0.15) is 174 Å². The van der Waals surface area contributed by atoms with Crippen molar-refractivity contribution in [2.24, 2.45) is 5.92 Å². The van der Waals surface area contributed by atoms with Crippen molar-refractivity contribution in [2.45, 2.75) is 174 Å². The second-order valence-corrected chi connectivity index (χ2v) is 11.6. The Labute approximate surface area is 247 Å². The second kappa shape index (κ2) is 30.1. The van der Waals surface area contributed by atoms with E-state index >= 15 is 0 Å². The van der Waals surface area contributed by atoms with Crippen molar-refractivity contribution < 1.29 is 19.8 Å². The van der Waals surface area contributed by atoms with E-state index in [0.717, 1.165) is 57.8 Å². The number of carboxylic acids is 2. The van der Waals surface area contributed by atoms with Crippen molar-refractivity contribution in [3.05, 3.63) is 36.0 Å². The molecule has 0 aliphatic carbocycles. The van der Waals surface area contributed by atoms with Crippen LogP contribution in [0.2, 0.25) is 0 Å². The van der Waals surface area contributed by atoms with Gasteiger partial charge in [-0.25, -0.2) is 0 Å². The third-order valence-corrected chi connectivity index (χ3v) is 7.80. The molecule has 2 N–H and O–H groups in total. The van der Waals surface area contributed by atoms with Crippen molar-refractivity contribution in [2.75, 3.05) is 0 Å². The Morgan fingerprint density at radius 1 is 0.525 bits per heavy atom. The summed E-state index contributed by atoms with van der Waals surface area (Å²) in [5, 5.41) is 17.7. The first-order valence-corrected chi connectivity index (χ1v) is 16.9. The van der Waals surface area contributed by atoms with Crippen molar-refractivity contribution in [1.29, 1.82) is 0 Å². The van der Waals surface area contributed by atoms with Crippen LogP contribution in [0, 0.1) is 5.92 Å². The number of allylic oxidation sites excluding steroid dienone is 6. The van der Waals surface area contributed by atoms with Gasteiger partial charge in [-0.1, -0.05) is 120 Å². The van der Waals surface area contributed by atoms with Crippen molar-refractivity contribution in [1.82, 2.24) is 0 Å². The Morgan fingerprint density at radius 2 is 1.00 bits per heavy atom. The van der Waals surface area contributed by atoms with Crippen LogP contribution in [0.3, 0.4) is 0 Å². The van der Waals surface area contributed by atoms with Crippen LogP contribution >= 0.6 is 0 Å². The molecular formula is C36H64O4. The highest BCUT2D eigenvalue weighted by molar-refractivity contribution is 5.66. The highest BCUT2D eigenvalue weighted by Gasteiger charge is 2.14. The largest absolute Gasteiger partial charge is 0.481 e. The van der Waals surface area contributed by atoms with Gasteiger partial charge in [0.25, 0.3) is 0 Å². The van der Waals surface area contributed by atoms with E-state index in [-0.39, 0.29) is 0 Å². The normalized spacial score (nSPS) is 13.0. The number of carbonyl (C=O) groups is 2. The monoisotopic (exact) mass is 560 g/mol. The molecule has 0 saturated carbocycles. The van der Waals surface area contributed by atoms with Gasteiger partial charge in [0.15, 0.2) is 0 Å². The summed E-state index contributed by atoms with van der Waals surface area (Å²) < 4.78 is 0. The van der Waals surface area contributed by atoms with Crippen LogP contribution in [0.25, 0.3) is 0 Å². The molecule has 0 aromatic carbocycles. The molecule has 0 fully saturated rings.